The summed E-state index contributed by atoms with van der Waals surface area (Å²) < 4.78 is 15.9. The number of halogens is 1. The first-order valence-electron chi connectivity index (χ1n) is 9.41. The van der Waals surface area contributed by atoms with Gasteiger partial charge in [-0.2, -0.15) is 5.10 Å². The number of carbonyl (C=O) groups is 1. The van der Waals surface area contributed by atoms with E-state index >= 15 is 0 Å². The SMILES string of the molecule is O=C(NCc1ccccc1-n1cncn1)c1cc(CC2CCNC2)ccc1F. The molecule has 0 radical (unpaired) electrons. The molecule has 1 atom stereocenters. The Morgan fingerprint density at radius 3 is 2.96 bits per heavy atom. The van der Waals surface area contributed by atoms with Gasteiger partial charge in [-0.1, -0.05) is 24.3 Å². The number of rotatable bonds is 6. The first-order chi connectivity index (χ1) is 13.7. The van der Waals surface area contributed by atoms with Gasteiger partial charge in [0.1, 0.15) is 18.5 Å². The van der Waals surface area contributed by atoms with Gasteiger partial charge in [-0.3, -0.25) is 4.79 Å². The molecule has 2 heterocycles. The lowest BCUT2D eigenvalue weighted by atomic mass is 9.97. The number of hydrogen-bond acceptors (Lipinski definition) is 4. The highest BCUT2D eigenvalue weighted by Crippen LogP contribution is 2.19. The summed E-state index contributed by atoms with van der Waals surface area (Å²) in [4.78, 5) is 16.6. The first-order valence-corrected chi connectivity index (χ1v) is 9.41. The number of nitrogens with zero attached hydrogens (tertiary/aromatic N) is 3. The highest BCUT2D eigenvalue weighted by atomic mass is 19.1. The van der Waals surface area contributed by atoms with Crippen molar-refractivity contribution in [2.75, 3.05) is 13.1 Å². The fraction of sp³-hybridized carbons (Fsp3) is 0.286. The Bertz CT molecular complexity index is 951. The summed E-state index contributed by atoms with van der Waals surface area (Å²) in [5.74, 6) is -0.386. The summed E-state index contributed by atoms with van der Waals surface area (Å²) in [5, 5.41) is 10.3. The Balaban J connectivity index is 1.47. The third-order valence-electron chi connectivity index (χ3n) is 5.06. The topological polar surface area (TPSA) is 71.8 Å². The van der Waals surface area contributed by atoms with Gasteiger partial charge in [0, 0.05) is 6.54 Å². The van der Waals surface area contributed by atoms with Crippen molar-refractivity contribution >= 4 is 5.91 Å². The van der Waals surface area contributed by atoms with Crippen LogP contribution in [0.2, 0.25) is 0 Å². The van der Waals surface area contributed by atoms with Crippen molar-refractivity contribution < 1.29 is 9.18 Å². The van der Waals surface area contributed by atoms with Gasteiger partial charge in [0.15, 0.2) is 0 Å². The zero-order valence-corrected chi connectivity index (χ0v) is 15.4. The number of benzene rings is 2. The minimum Gasteiger partial charge on any atom is -0.348 e. The molecular formula is C21H22FN5O. The Hall–Kier alpha value is -3.06. The van der Waals surface area contributed by atoms with Crippen LogP contribution >= 0.6 is 0 Å². The monoisotopic (exact) mass is 379 g/mol. The molecule has 28 heavy (non-hydrogen) atoms. The molecule has 4 rings (SSSR count). The second-order valence-corrected chi connectivity index (χ2v) is 7.03. The van der Waals surface area contributed by atoms with Crippen LogP contribution < -0.4 is 10.6 Å². The minimum atomic E-state index is -0.504. The van der Waals surface area contributed by atoms with Crippen LogP contribution in [0.25, 0.3) is 5.69 Å². The lowest BCUT2D eigenvalue weighted by Gasteiger charge is -2.12. The molecular weight excluding hydrogens is 357 g/mol. The maximum atomic E-state index is 14.3. The third-order valence-corrected chi connectivity index (χ3v) is 5.06. The van der Waals surface area contributed by atoms with E-state index in [1.807, 2.05) is 24.3 Å². The quantitative estimate of drug-likeness (QED) is 0.690. The van der Waals surface area contributed by atoms with Crippen LogP contribution in [0.15, 0.2) is 55.1 Å². The molecule has 2 N–H and O–H groups in total. The van der Waals surface area contributed by atoms with Crippen molar-refractivity contribution in [2.24, 2.45) is 5.92 Å². The molecule has 0 spiro atoms. The normalized spacial score (nSPS) is 16.2. The molecule has 2 aromatic carbocycles. The summed E-state index contributed by atoms with van der Waals surface area (Å²) in [6, 6.07) is 12.4. The van der Waals surface area contributed by atoms with Crippen molar-refractivity contribution in [1.82, 2.24) is 25.4 Å². The molecule has 3 aromatic rings. The molecule has 1 fully saturated rings. The number of aromatic nitrogens is 3. The molecule has 1 aliphatic rings. The van der Waals surface area contributed by atoms with Crippen LogP contribution in [0.4, 0.5) is 4.39 Å². The van der Waals surface area contributed by atoms with Gasteiger partial charge in [-0.05, 0) is 61.2 Å². The smallest absolute Gasteiger partial charge is 0.254 e. The van der Waals surface area contributed by atoms with Crippen LogP contribution in [0.3, 0.4) is 0 Å². The van der Waals surface area contributed by atoms with E-state index in [0.717, 1.165) is 42.7 Å². The highest BCUT2D eigenvalue weighted by Gasteiger charge is 2.18. The molecule has 1 saturated heterocycles. The van der Waals surface area contributed by atoms with E-state index in [1.165, 1.54) is 12.4 Å². The largest absolute Gasteiger partial charge is 0.348 e. The zero-order chi connectivity index (χ0) is 19.3. The Morgan fingerprint density at radius 1 is 1.29 bits per heavy atom. The van der Waals surface area contributed by atoms with Crippen molar-refractivity contribution in [1.29, 1.82) is 0 Å². The zero-order valence-electron chi connectivity index (χ0n) is 15.4. The number of amides is 1. The summed E-state index contributed by atoms with van der Waals surface area (Å²) in [5.41, 5.74) is 2.77. The number of carbonyl (C=O) groups excluding carboxylic acids is 1. The molecule has 144 valence electrons. The van der Waals surface area contributed by atoms with Gasteiger partial charge in [0.2, 0.25) is 0 Å². The van der Waals surface area contributed by atoms with Crippen LogP contribution in [0, 0.1) is 11.7 Å². The summed E-state index contributed by atoms with van der Waals surface area (Å²) in [6.45, 7) is 2.26. The first kappa shape index (κ1) is 18.3. The average molecular weight is 379 g/mol. The Kier molecular flexibility index (Phi) is 5.43. The van der Waals surface area contributed by atoms with Crippen molar-refractivity contribution in [2.45, 2.75) is 19.4 Å². The van der Waals surface area contributed by atoms with Crippen molar-refractivity contribution in [3.05, 3.63) is 77.6 Å². The Morgan fingerprint density at radius 2 is 2.18 bits per heavy atom. The van der Waals surface area contributed by atoms with E-state index in [2.05, 4.69) is 20.7 Å². The molecule has 0 aliphatic carbocycles. The minimum absolute atomic E-state index is 0.0849. The second-order valence-electron chi connectivity index (χ2n) is 7.03. The molecule has 7 heteroatoms. The predicted molar refractivity (Wildman–Crippen MR) is 104 cm³/mol. The molecule has 1 aliphatic heterocycles. The van der Waals surface area contributed by atoms with E-state index in [-0.39, 0.29) is 12.1 Å². The lowest BCUT2D eigenvalue weighted by molar-refractivity contribution is 0.0946. The standard InChI is InChI=1S/C21H22FN5O/c22-19-6-5-15(9-16-7-8-23-11-16)10-18(19)21(28)25-12-17-3-1-2-4-20(17)27-14-24-13-26-27/h1-6,10,13-14,16,23H,7-9,11-12H2,(H,25,28). The summed E-state index contributed by atoms with van der Waals surface area (Å²) >= 11 is 0. The van der Waals surface area contributed by atoms with Gasteiger partial charge in [-0.15, -0.1) is 0 Å². The van der Waals surface area contributed by atoms with Gasteiger partial charge >= 0.3 is 0 Å². The number of hydrogen-bond donors (Lipinski definition) is 2. The highest BCUT2D eigenvalue weighted by molar-refractivity contribution is 5.94. The molecule has 1 amide bonds. The van der Waals surface area contributed by atoms with Crippen molar-refractivity contribution in [3.8, 4) is 5.69 Å². The average Bonchev–Trinajstić information content (AvgIpc) is 3.42. The van der Waals surface area contributed by atoms with Crippen LogP contribution in [-0.4, -0.2) is 33.8 Å². The summed E-state index contributed by atoms with van der Waals surface area (Å²) in [7, 11) is 0. The van der Waals surface area contributed by atoms with Gasteiger partial charge < -0.3 is 10.6 Å². The molecule has 0 bridgehead atoms. The number of nitrogens with one attached hydrogen (secondary N) is 2. The predicted octanol–water partition coefficient (Wildman–Crippen LogP) is 2.49. The summed E-state index contributed by atoms with van der Waals surface area (Å²) in [6.07, 6.45) is 5.01. The molecule has 1 aromatic heterocycles. The Labute approximate surface area is 162 Å². The maximum Gasteiger partial charge on any atom is 0.254 e. The molecule has 6 nitrogen and oxygen atoms in total. The fourth-order valence-electron chi connectivity index (χ4n) is 3.58. The fourth-order valence-corrected chi connectivity index (χ4v) is 3.58. The van der Waals surface area contributed by atoms with Gasteiger partial charge in [0.05, 0.1) is 11.3 Å². The van der Waals surface area contributed by atoms with Crippen LogP contribution in [-0.2, 0) is 13.0 Å². The van der Waals surface area contributed by atoms with E-state index in [4.69, 9.17) is 0 Å². The number of para-hydroxylation sites is 1. The van der Waals surface area contributed by atoms with Gasteiger partial charge in [0.25, 0.3) is 5.91 Å². The van der Waals surface area contributed by atoms with E-state index in [1.54, 1.807) is 23.1 Å². The van der Waals surface area contributed by atoms with Gasteiger partial charge in [-0.25, -0.2) is 14.1 Å². The maximum absolute atomic E-state index is 14.3. The van der Waals surface area contributed by atoms with E-state index in [0.29, 0.717) is 5.92 Å². The molecule has 1 unspecified atom stereocenters. The third kappa shape index (κ3) is 4.09. The molecule has 0 saturated carbocycles. The van der Waals surface area contributed by atoms with E-state index < -0.39 is 11.7 Å². The van der Waals surface area contributed by atoms with Crippen LogP contribution in [0.1, 0.15) is 27.9 Å². The van der Waals surface area contributed by atoms with Crippen molar-refractivity contribution in [3.63, 3.8) is 0 Å². The lowest BCUT2D eigenvalue weighted by Crippen LogP contribution is -2.25. The second kappa shape index (κ2) is 8.31. The van der Waals surface area contributed by atoms with E-state index in [9.17, 15) is 9.18 Å². The van der Waals surface area contributed by atoms with Crippen LogP contribution in [0.5, 0.6) is 0 Å².